The van der Waals surface area contributed by atoms with Crippen molar-refractivity contribution in [1.82, 2.24) is 5.32 Å². The molecule has 0 aliphatic rings. The molecular formula is C25H53NO4. The molecule has 0 spiro atoms. The molecule has 0 saturated carbocycles. The van der Waals surface area contributed by atoms with Crippen LogP contribution in [0.5, 0.6) is 0 Å². The van der Waals surface area contributed by atoms with E-state index >= 15 is 0 Å². The van der Waals surface area contributed by atoms with Crippen LogP contribution in [-0.2, 0) is 4.74 Å². The summed E-state index contributed by atoms with van der Waals surface area (Å²) in [6, 6.07) is 0. The van der Waals surface area contributed by atoms with Gasteiger partial charge in [0.25, 0.3) is 0 Å². The van der Waals surface area contributed by atoms with Crippen LogP contribution in [0.4, 0.5) is 0 Å². The van der Waals surface area contributed by atoms with Crippen molar-refractivity contribution in [3.63, 3.8) is 0 Å². The van der Waals surface area contributed by atoms with Gasteiger partial charge >= 0.3 is 0 Å². The van der Waals surface area contributed by atoms with Crippen LogP contribution in [0.15, 0.2) is 0 Å². The summed E-state index contributed by atoms with van der Waals surface area (Å²) in [5.74, 6) is 0. The van der Waals surface area contributed by atoms with E-state index in [0.717, 1.165) is 6.42 Å². The van der Waals surface area contributed by atoms with Crippen LogP contribution in [0.25, 0.3) is 0 Å². The molecule has 5 heteroatoms. The van der Waals surface area contributed by atoms with Crippen molar-refractivity contribution in [1.29, 1.82) is 0 Å². The zero-order valence-electron chi connectivity index (χ0n) is 20.2. The first-order valence-corrected chi connectivity index (χ1v) is 12.8. The molecule has 0 bridgehead atoms. The molecule has 4 N–H and O–H groups in total. The van der Waals surface area contributed by atoms with Crippen LogP contribution < -0.4 is 5.32 Å². The van der Waals surface area contributed by atoms with Gasteiger partial charge in [0.05, 0.1) is 31.5 Å². The van der Waals surface area contributed by atoms with Gasteiger partial charge in [0.15, 0.2) is 0 Å². The zero-order chi connectivity index (χ0) is 22.3. The van der Waals surface area contributed by atoms with Gasteiger partial charge in [0, 0.05) is 13.2 Å². The summed E-state index contributed by atoms with van der Waals surface area (Å²) in [6.07, 6.45) is 21.1. The van der Waals surface area contributed by atoms with Gasteiger partial charge in [-0.15, -0.1) is 0 Å². The smallest absolute Gasteiger partial charge is 0.0897 e. The molecular weight excluding hydrogens is 378 g/mol. The first-order chi connectivity index (χ1) is 14.6. The van der Waals surface area contributed by atoms with E-state index < -0.39 is 11.6 Å². The van der Waals surface area contributed by atoms with E-state index in [2.05, 4.69) is 12.2 Å². The minimum absolute atomic E-state index is 0.170. The molecule has 0 aliphatic heterocycles. The maximum Gasteiger partial charge on any atom is 0.0897 e. The van der Waals surface area contributed by atoms with Crippen molar-refractivity contribution >= 4 is 0 Å². The van der Waals surface area contributed by atoms with Crippen LogP contribution in [0, 0.1) is 0 Å². The van der Waals surface area contributed by atoms with Crippen LogP contribution >= 0.6 is 0 Å². The Balaban J connectivity index is 3.22. The summed E-state index contributed by atoms with van der Waals surface area (Å²) in [5, 5.41) is 31.3. The molecule has 0 rings (SSSR count). The Kier molecular flexibility index (Phi) is 21.9. The minimum Gasteiger partial charge on any atom is -0.394 e. The van der Waals surface area contributed by atoms with E-state index in [1.165, 1.54) is 96.3 Å². The first-order valence-electron chi connectivity index (χ1n) is 12.8. The fourth-order valence-corrected chi connectivity index (χ4v) is 3.56. The number of rotatable bonds is 24. The van der Waals surface area contributed by atoms with Crippen molar-refractivity contribution in [2.24, 2.45) is 0 Å². The van der Waals surface area contributed by atoms with Gasteiger partial charge in [-0.25, -0.2) is 0 Å². The number of hydrogen-bond donors (Lipinski definition) is 4. The predicted molar refractivity (Wildman–Crippen MR) is 127 cm³/mol. The third kappa shape index (κ3) is 19.7. The monoisotopic (exact) mass is 431 g/mol. The van der Waals surface area contributed by atoms with Crippen molar-refractivity contribution in [2.75, 3.05) is 33.0 Å². The average Bonchev–Trinajstić information content (AvgIpc) is 2.76. The molecule has 1 atom stereocenters. The van der Waals surface area contributed by atoms with Crippen molar-refractivity contribution < 1.29 is 20.1 Å². The first kappa shape index (κ1) is 29.8. The standard InChI is InChI=1S/C25H53NO4/c1-3-4-5-6-7-8-9-10-11-12-13-14-15-16-17-18-19-30-21-24(29)20-26-25(2,22-27)23-28/h24,26-29H,3-23H2,1-2H3. The van der Waals surface area contributed by atoms with Crippen LogP contribution in [0.2, 0.25) is 0 Å². The number of aliphatic hydroxyl groups is 3. The maximum atomic E-state index is 9.89. The Morgan fingerprint density at radius 2 is 1.10 bits per heavy atom. The third-order valence-corrected chi connectivity index (χ3v) is 5.91. The lowest BCUT2D eigenvalue weighted by atomic mass is 10.0. The fourth-order valence-electron chi connectivity index (χ4n) is 3.56. The average molecular weight is 432 g/mol. The Bertz CT molecular complexity index is 337. The molecule has 0 aromatic carbocycles. The minimum atomic E-state index is -0.755. The molecule has 0 aromatic heterocycles. The van der Waals surface area contributed by atoms with E-state index in [9.17, 15) is 15.3 Å². The lowest BCUT2D eigenvalue weighted by Crippen LogP contribution is -2.52. The van der Waals surface area contributed by atoms with Gasteiger partial charge in [0.2, 0.25) is 0 Å². The zero-order valence-corrected chi connectivity index (χ0v) is 20.2. The molecule has 5 nitrogen and oxygen atoms in total. The lowest BCUT2D eigenvalue weighted by molar-refractivity contribution is 0.0236. The molecule has 0 heterocycles. The molecule has 0 saturated heterocycles. The molecule has 0 radical (unpaired) electrons. The van der Waals surface area contributed by atoms with Gasteiger partial charge in [-0.2, -0.15) is 0 Å². The summed E-state index contributed by atoms with van der Waals surface area (Å²) in [6.45, 7) is 4.94. The molecule has 0 fully saturated rings. The summed E-state index contributed by atoms with van der Waals surface area (Å²) < 4.78 is 5.53. The Morgan fingerprint density at radius 3 is 1.50 bits per heavy atom. The van der Waals surface area contributed by atoms with Gasteiger partial charge in [-0.3, -0.25) is 0 Å². The van der Waals surface area contributed by atoms with Gasteiger partial charge in [-0.05, 0) is 13.3 Å². The number of hydrogen-bond acceptors (Lipinski definition) is 5. The second-order valence-corrected chi connectivity index (χ2v) is 9.29. The molecule has 1 unspecified atom stereocenters. The number of aliphatic hydroxyl groups excluding tert-OH is 3. The molecule has 182 valence electrons. The second-order valence-electron chi connectivity index (χ2n) is 9.29. The summed E-state index contributed by atoms with van der Waals surface area (Å²) >= 11 is 0. The number of β-amino-alcohol motifs (C(OH)–C–C–N with tert-alkyl or cyclic N) is 1. The quantitative estimate of drug-likeness (QED) is 0.162. The fraction of sp³-hybridized carbons (Fsp3) is 1.00. The normalized spacial score (nSPS) is 13.1. The van der Waals surface area contributed by atoms with Crippen molar-refractivity contribution in [3.8, 4) is 0 Å². The van der Waals surface area contributed by atoms with Crippen LogP contribution in [0.3, 0.4) is 0 Å². The van der Waals surface area contributed by atoms with E-state index in [0.29, 0.717) is 19.8 Å². The predicted octanol–water partition coefficient (Wildman–Crippen LogP) is 4.96. The van der Waals surface area contributed by atoms with Crippen molar-refractivity contribution in [2.45, 2.75) is 128 Å². The van der Waals surface area contributed by atoms with E-state index in [4.69, 9.17) is 4.74 Å². The van der Waals surface area contributed by atoms with Gasteiger partial charge in [0.1, 0.15) is 0 Å². The Labute approximate surface area is 187 Å². The van der Waals surface area contributed by atoms with Gasteiger partial charge in [-0.1, -0.05) is 103 Å². The summed E-state index contributed by atoms with van der Waals surface area (Å²) in [5.41, 5.74) is -0.755. The highest BCUT2D eigenvalue weighted by molar-refractivity contribution is 4.82. The maximum absolute atomic E-state index is 9.89. The molecule has 30 heavy (non-hydrogen) atoms. The Morgan fingerprint density at radius 1 is 0.700 bits per heavy atom. The number of ether oxygens (including phenoxy) is 1. The lowest BCUT2D eigenvalue weighted by Gasteiger charge is -2.27. The van der Waals surface area contributed by atoms with E-state index in [-0.39, 0.29) is 13.2 Å². The molecule has 0 amide bonds. The number of unbranched alkanes of at least 4 members (excludes halogenated alkanes) is 15. The molecule has 0 aromatic rings. The second kappa shape index (κ2) is 22.0. The summed E-state index contributed by atoms with van der Waals surface area (Å²) in [4.78, 5) is 0. The summed E-state index contributed by atoms with van der Waals surface area (Å²) in [7, 11) is 0. The van der Waals surface area contributed by atoms with Gasteiger partial charge < -0.3 is 25.4 Å². The van der Waals surface area contributed by atoms with Crippen LogP contribution in [0.1, 0.15) is 117 Å². The van der Waals surface area contributed by atoms with E-state index in [1.54, 1.807) is 6.92 Å². The largest absolute Gasteiger partial charge is 0.394 e. The van der Waals surface area contributed by atoms with E-state index in [1.807, 2.05) is 0 Å². The number of nitrogens with one attached hydrogen (secondary N) is 1. The highest BCUT2D eigenvalue weighted by Crippen LogP contribution is 2.13. The third-order valence-electron chi connectivity index (χ3n) is 5.91. The van der Waals surface area contributed by atoms with Crippen molar-refractivity contribution in [3.05, 3.63) is 0 Å². The SMILES string of the molecule is CCCCCCCCCCCCCCCCCCOCC(O)CNC(C)(CO)CO. The Hall–Kier alpha value is -0.200. The van der Waals surface area contributed by atoms with Crippen LogP contribution in [-0.4, -0.2) is 59.9 Å². The topological polar surface area (TPSA) is 82.0 Å². The highest BCUT2D eigenvalue weighted by atomic mass is 16.5. The molecule has 0 aliphatic carbocycles. The highest BCUT2D eigenvalue weighted by Gasteiger charge is 2.22.